The van der Waals surface area contributed by atoms with Gasteiger partial charge in [0.2, 0.25) is 0 Å². The first-order chi connectivity index (χ1) is 10.3. The first-order valence-corrected chi connectivity index (χ1v) is 7.58. The van der Waals surface area contributed by atoms with E-state index >= 15 is 0 Å². The number of nitrogens with zero attached hydrogens (tertiary/aromatic N) is 1. The van der Waals surface area contributed by atoms with Crippen molar-refractivity contribution in [2.45, 2.75) is 6.54 Å². The van der Waals surface area contributed by atoms with Crippen LogP contribution in [0, 0.1) is 0 Å². The molecule has 0 spiro atoms. The standard InChI is InChI=1S/C18H15NOS/c1-2-13-19-16(14-9-5-3-6-10-14)17(21-18(19)20)15-11-7-4-8-12-15/h2-12H,1,13H2. The van der Waals surface area contributed by atoms with E-state index in [4.69, 9.17) is 0 Å². The molecule has 3 heteroatoms. The molecule has 104 valence electrons. The zero-order valence-corrected chi connectivity index (χ0v) is 12.3. The van der Waals surface area contributed by atoms with Gasteiger partial charge in [0, 0.05) is 6.54 Å². The van der Waals surface area contributed by atoms with Gasteiger partial charge in [0.1, 0.15) is 0 Å². The largest absolute Gasteiger partial charge is 0.308 e. The summed E-state index contributed by atoms with van der Waals surface area (Å²) >= 11 is 1.29. The number of benzene rings is 2. The zero-order chi connectivity index (χ0) is 14.7. The van der Waals surface area contributed by atoms with Gasteiger partial charge in [0.15, 0.2) is 0 Å². The summed E-state index contributed by atoms with van der Waals surface area (Å²) in [6, 6.07) is 20.1. The lowest BCUT2D eigenvalue weighted by Crippen LogP contribution is -2.12. The third-order valence-corrected chi connectivity index (χ3v) is 4.32. The Hall–Kier alpha value is -2.39. The van der Waals surface area contributed by atoms with Gasteiger partial charge in [-0.3, -0.25) is 9.36 Å². The molecule has 0 bridgehead atoms. The van der Waals surface area contributed by atoms with E-state index in [9.17, 15) is 4.79 Å². The van der Waals surface area contributed by atoms with E-state index in [1.54, 1.807) is 10.6 Å². The van der Waals surface area contributed by atoms with Gasteiger partial charge >= 0.3 is 4.87 Å². The molecule has 0 radical (unpaired) electrons. The fourth-order valence-corrected chi connectivity index (χ4v) is 3.40. The zero-order valence-electron chi connectivity index (χ0n) is 11.5. The Morgan fingerprint density at radius 3 is 2.10 bits per heavy atom. The predicted octanol–water partition coefficient (Wildman–Crippen LogP) is 4.43. The van der Waals surface area contributed by atoms with Crippen molar-refractivity contribution in [3.8, 4) is 21.7 Å². The van der Waals surface area contributed by atoms with Crippen molar-refractivity contribution in [1.29, 1.82) is 0 Å². The average Bonchev–Trinajstić information content (AvgIpc) is 2.86. The monoisotopic (exact) mass is 293 g/mol. The second kappa shape index (κ2) is 5.94. The molecule has 2 nitrogen and oxygen atoms in total. The van der Waals surface area contributed by atoms with Crippen LogP contribution in [0.4, 0.5) is 0 Å². The molecular weight excluding hydrogens is 278 g/mol. The van der Waals surface area contributed by atoms with Gasteiger partial charge in [-0.25, -0.2) is 0 Å². The van der Waals surface area contributed by atoms with Gasteiger partial charge < -0.3 is 0 Å². The Morgan fingerprint density at radius 1 is 0.952 bits per heavy atom. The average molecular weight is 293 g/mol. The lowest BCUT2D eigenvalue weighted by Gasteiger charge is -2.08. The third-order valence-electron chi connectivity index (χ3n) is 3.29. The van der Waals surface area contributed by atoms with Gasteiger partial charge in [0.05, 0.1) is 10.6 Å². The highest BCUT2D eigenvalue weighted by molar-refractivity contribution is 7.13. The molecule has 0 atom stereocenters. The molecular formula is C18H15NOS. The molecule has 0 saturated heterocycles. The smallest absolute Gasteiger partial charge is 0.294 e. The minimum absolute atomic E-state index is 0.0487. The molecule has 21 heavy (non-hydrogen) atoms. The minimum atomic E-state index is 0.0487. The lowest BCUT2D eigenvalue weighted by molar-refractivity contribution is 0.817. The van der Waals surface area contributed by atoms with Crippen LogP contribution in [-0.2, 0) is 6.54 Å². The summed E-state index contributed by atoms with van der Waals surface area (Å²) in [5.74, 6) is 0. The van der Waals surface area contributed by atoms with Gasteiger partial charge in [-0.15, -0.1) is 6.58 Å². The third kappa shape index (κ3) is 2.60. The number of hydrogen-bond donors (Lipinski definition) is 0. The van der Waals surface area contributed by atoms with Crippen molar-refractivity contribution in [3.63, 3.8) is 0 Å². The summed E-state index contributed by atoms with van der Waals surface area (Å²) < 4.78 is 1.79. The van der Waals surface area contributed by atoms with Crippen LogP contribution < -0.4 is 4.87 Å². The fraction of sp³-hybridized carbons (Fsp3) is 0.0556. The van der Waals surface area contributed by atoms with Crippen LogP contribution in [0.2, 0.25) is 0 Å². The molecule has 1 aromatic heterocycles. The molecule has 0 aliphatic carbocycles. The quantitative estimate of drug-likeness (QED) is 0.652. The highest BCUT2D eigenvalue weighted by Crippen LogP contribution is 2.34. The van der Waals surface area contributed by atoms with E-state index in [0.717, 1.165) is 21.7 Å². The lowest BCUT2D eigenvalue weighted by atomic mass is 10.1. The summed E-state index contributed by atoms with van der Waals surface area (Å²) in [5, 5.41) is 0. The van der Waals surface area contributed by atoms with Gasteiger partial charge in [-0.2, -0.15) is 0 Å². The number of hydrogen-bond acceptors (Lipinski definition) is 2. The number of aromatic nitrogens is 1. The van der Waals surface area contributed by atoms with E-state index in [2.05, 4.69) is 6.58 Å². The van der Waals surface area contributed by atoms with Crippen LogP contribution in [-0.4, -0.2) is 4.57 Å². The van der Waals surface area contributed by atoms with Crippen molar-refractivity contribution in [1.82, 2.24) is 4.57 Å². The Bertz CT molecular complexity index is 800. The van der Waals surface area contributed by atoms with Crippen molar-refractivity contribution < 1.29 is 0 Å². The highest BCUT2D eigenvalue weighted by atomic mass is 32.1. The number of rotatable bonds is 4. The molecule has 0 aliphatic heterocycles. The Balaban J connectivity index is 2.29. The van der Waals surface area contributed by atoms with Gasteiger partial charge in [0.25, 0.3) is 0 Å². The normalized spacial score (nSPS) is 10.5. The second-order valence-electron chi connectivity index (χ2n) is 4.68. The molecule has 0 unspecified atom stereocenters. The maximum atomic E-state index is 12.3. The topological polar surface area (TPSA) is 22.0 Å². The van der Waals surface area contributed by atoms with E-state index in [0.29, 0.717) is 6.54 Å². The summed E-state index contributed by atoms with van der Waals surface area (Å²) in [6.07, 6.45) is 1.76. The molecule has 0 saturated carbocycles. The Morgan fingerprint density at radius 2 is 1.52 bits per heavy atom. The molecule has 2 aromatic carbocycles. The molecule has 0 N–H and O–H groups in total. The van der Waals surface area contributed by atoms with Crippen LogP contribution in [0.5, 0.6) is 0 Å². The Kier molecular flexibility index (Phi) is 3.84. The SMILES string of the molecule is C=CCn1c(-c2ccccc2)c(-c2ccccc2)sc1=O. The van der Waals surface area contributed by atoms with Crippen molar-refractivity contribution in [2.24, 2.45) is 0 Å². The second-order valence-corrected chi connectivity index (χ2v) is 5.64. The van der Waals surface area contributed by atoms with E-state index in [1.165, 1.54) is 11.3 Å². The first-order valence-electron chi connectivity index (χ1n) is 6.76. The summed E-state index contributed by atoms with van der Waals surface area (Å²) in [6.45, 7) is 4.28. The van der Waals surface area contributed by atoms with Gasteiger partial charge in [-0.1, -0.05) is 78.1 Å². The number of thiazole rings is 1. The predicted molar refractivity (Wildman–Crippen MR) is 89.6 cm³/mol. The van der Waals surface area contributed by atoms with Crippen molar-refractivity contribution in [2.75, 3.05) is 0 Å². The van der Waals surface area contributed by atoms with Crippen LogP contribution in [0.25, 0.3) is 21.7 Å². The first kappa shape index (κ1) is 13.6. The molecule has 3 rings (SSSR count). The summed E-state index contributed by atoms with van der Waals surface area (Å²) in [7, 11) is 0. The van der Waals surface area contributed by atoms with E-state index < -0.39 is 0 Å². The maximum absolute atomic E-state index is 12.3. The molecule has 0 amide bonds. The molecule has 0 aliphatic rings. The van der Waals surface area contributed by atoms with Crippen LogP contribution in [0.15, 0.2) is 78.1 Å². The molecule has 0 fully saturated rings. The van der Waals surface area contributed by atoms with Gasteiger partial charge in [-0.05, 0) is 11.1 Å². The number of allylic oxidation sites excluding steroid dienone is 1. The molecule has 1 heterocycles. The van der Waals surface area contributed by atoms with Crippen molar-refractivity contribution in [3.05, 3.63) is 83.0 Å². The van der Waals surface area contributed by atoms with Crippen LogP contribution >= 0.6 is 11.3 Å². The van der Waals surface area contributed by atoms with Crippen molar-refractivity contribution >= 4 is 11.3 Å². The Labute approximate surface area is 127 Å². The summed E-state index contributed by atoms with van der Waals surface area (Å²) in [5.41, 5.74) is 3.09. The fourth-order valence-electron chi connectivity index (χ4n) is 2.37. The highest BCUT2D eigenvalue weighted by Gasteiger charge is 2.16. The van der Waals surface area contributed by atoms with Crippen LogP contribution in [0.3, 0.4) is 0 Å². The minimum Gasteiger partial charge on any atom is -0.294 e. The van der Waals surface area contributed by atoms with E-state index in [-0.39, 0.29) is 4.87 Å². The summed E-state index contributed by atoms with van der Waals surface area (Å²) in [4.78, 5) is 13.4. The van der Waals surface area contributed by atoms with Crippen LogP contribution in [0.1, 0.15) is 0 Å². The van der Waals surface area contributed by atoms with E-state index in [1.807, 2.05) is 60.7 Å². The maximum Gasteiger partial charge on any atom is 0.308 e. The molecule has 3 aromatic rings.